The lowest BCUT2D eigenvalue weighted by molar-refractivity contribution is -0.167. The highest BCUT2D eigenvalue weighted by atomic mass is 16.6. The molecule has 0 amide bonds. The van der Waals surface area contributed by atoms with Crippen molar-refractivity contribution < 1.29 is 28.6 Å². The first kappa shape index (κ1) is 80.9. The van der Waals surface area contributed by atoms with Crippen molar-refractivity contribution in [1.29, 1.82) is 0 Å². The first-order chi connectivity index (χ1) is 41.0. The van der Waals surface area contributed by atoms with Crippen LogP contribution < -0.4 is 0 Å². The van der Waals surface area contributed by atoms with E-state index in [2.05, 4.69) is 45.1 Å². The summed E-state index contributed by atoms with van der Waals surface area (Å²) in [7, 11) is 0. The van der Waals surface area contributed by atoms with E-state index < -0.39 is 6.10 Å². The van der Waals surface area contributed by atoms with Crippen molar-refractivity contribution in [2.24, 2.45) is 0 Å². The standard InChI is InChI=1S/C77H146O6/c1-4-7-10-13-16-19-22-25-28-30-32-34-35-36-37-38-39-40-41-42-43-45-46-49-52-55-58-61-64-67-70-76(79)82-73-74(72-81-75(78)69-66-63-60-57-54-51-48-27-24-21-18-15-12-9-6-3)83-77(80)71-68-65-62-59-56-53-50-47-44-33-31-29-26-23-20-17-14-11-8-5-2/h18,21,27,48,74H,4-17,19-20,22-26,28-47,49-73H2,1-3H3/b21-18-,48-27-. The Balaban J connectivity index is 4.18. The molecule has 6 heteroatoms. The van der Waals surface area contributed by atoms with Gasteiger partial charge in [-0.3, -0.25) is 14.4 Å². The second-order valence-electron chi connectivity index (χ2n) is 25.9. The van der Waals surface area contributed by atoms with Crippen LogP contribution >= 0.6 is 0 Å². The van der Waals surface area contributed by atoms with Crippen molar-refractivity contribution >= 4 is 17.9 Å². The first-order valence-corrected chi connectivity index (χ1v) is 37.8. The number of ether oxygens (including phenoxy) is 3. The predicted octanol–water partition coefficient (Wildman–Crippen LogP) is 26.1. The van der Waals surface area contributed by atoms with Crippen LogP contribution in [0.3, 0.4) is 0 Å². The summed E-state index contributed by atoms with van der Waals surface area (Å²) in [6.45, 7) is 6.70. The second-order valence-corrected chi connectivity index (χ2v) is 25.9. The van der Waals surface area contributed by atoms with E-state index in [9.17, 15) is 14.4 Å². The monoisotopic (exact) mass is 1170 g/mol. The molecule has 0 saturated carbocycles. The molecule has 490 valence electrons. The minimum Gasteiger partial charge on any atom is -0.462 e. The van der Waals surface area contributed by atoms with Crippen molar-refractivity contribution in [2.45, 2.75) is 438 Å². The van der Waals surface area contributed by atoms with E-state index in [-0.39, 0.29) is 31.1 Å². The molecular weight excluding hydrogens is 1020 g/mol. The molecule has 0 aromatic carbocycles. The first-order valence-electron chi connectivity index (χ1n) is 37.8. The minimum atomic E-state index is -0.775. The van der Waals surface area contributed by atoms with Crippen LogP contribution in [-0.4, -0.2) is 37.2 Å². The molecule has 0 aliphatic carbocycles. The third kappa shape index (κ3) is 70.5. The lowest BCUT2D eigenvalue weighted by Crippen LogP contribution is -2.30. The molecule has 0 bridgehead atoms. The SMILES string of the molecule is CCCCC/C=C\C/C=C\CCCCCCCC(=O)OCC(COC(=O)CCCCCCCCCCCCCCCCCCCCCCCCCCCCCCCC)OC(=O)CCCCCCCCCCCCCCCCCCCCCC. The molecule has 0 saturated heterocycles. The zero-order chi connectivity index (χ0) is 59.9. The molecule has 0 fully saturated rings. The highest BCUT2D eigenvalue weighted by molar-refractivity contribution is 5.71. The molecule has 0 aromatic heterocycles. The summed E-state index contributed by atoms with van der Waals surface area (Å²) in [4.78, 5) is 38.5. The van der Waals surface area contributed by atoms with Crippen molar-refractivity contribution in [3.8, 4) is 0 Å². The highest BCUT2D eigenvalue weighted by Crippen LogP contribution is 2.20. The molecule has 0 N–H and O–H groups in total. The fourth-order valence-electron chi connectivity index (χ4n) is 11.8. The lowest BCUT2D eigenvalue weighted by Gasteiger charge is -2.18. The van der Waals surface area contributed by atoms with Gasteiger partial charge in [-0.15, -0.1) is 0 Å². The Kier molecular flexibility index (Phi) is 70.5. The molecule has 0 aliphatic rings. The number of hydrogen-bond donors (Lipinski definition) is 0. The van der Waals surface area contributed by atoms with Crippen LogP contribution in [0.25, 0.3) is 0 Å². The van der Waals surface area contributed by atoms with Gasteiger partial charge in [0.2, 0.25) is 0 Å². The number of unbranched alkanes of at least 4 members (excludes halogenated alkanes) is 56. The van der Waals surface area contributed by atoms with E-state index in [1.54, 1.807) is 0 Å². The Morgan fingerprint density at radius 2 is 0.434 bits per heavy atom. The third-order valence-corrected chi connectivity index (χ3v) is 17.5. The average molecular weight is 1170 g/mol. The molecule has 0 spiro atoms. The number of allylic oxidation sites excluding steroid dienone is 4. The minimum absolute atomic E-state index is 0.0691. The Hall–Kier alpha value is -2.11. The molecule has 0 radical (unpaired) electrons. The average Bonchev–Trinajstić information content (AvgIpc) is 3.49. The lowest BCUT2D eigenvalue weighted by atomic mass is 10.0. The van der Waals surface area contributed by atoms with Gasteiger partial charge in [0.1, 0.15) is 13.2 Å². The van der Waals surface area contributed by atoms with Gasteiger partial charge >= 0.3 is 17.9 Å². The Bertz CT molecular complexity index is 1340. The van der Waals surface area contributed by atoms with Crippen LogP contribution in [-0.2, 0) is 28.6 Å². The van der Waals surface area contributed by atoms with Gasteiger partial charge in [0.25, 0.3) is 0 Å². The van der Waals surface area contributed by atoms with Gasteiger partial charge in [-0.1, -0.05) is 385 Å². The second kappa shape index (κ2) is 72.4. The normalized spacial score (nSPS) is 12.1. The summed E-state index contributed by atoms with van der Waals surface area (Å²) < 4.78 is 17.0. The largest absolute Gasteiger partial charge is 0.462 e. The van der Waals surface area contributed by atoms with Crippen molar-refractivity contribution in [2.75, 3.05) is 13.2 Å². The molecule has 0 aromatic rings. The van der Waals surface area contributed by atoms with E-state index in [1.165, 1.54) is 315 Å². The molecule has 0 heterocycles. The number of carbonyl (C=O) groups is 3. The predicted molar refractivity (Wildman–Crippen MR) is 363 cm³/mol. The Morgan fingerprint density at radius 3 is 0.687 bits per heavy atom. The number of rotatable bonds is 71. The maximum atomic E-state index is 13.0. The fraction of sp³-hybridized carbons (Fsp3) is 0.909. The molecule has 1 unspecified atom stereocenters. The topological polar surface area (TPSA) is 78.9 Å². The maximum absolute atomic E-state index is 13.0. The molecule has 0 aliphatic heterocycles. The quantitative estimate of drug-likeness (QED) is 0.0261. The van der Waals surface area contributed by atoms with Gasteiger partial charge in [-0.25, -0.2) is 0 Å². The van der Waals surface area contributed by atoms with Crippen molar-refractivity contribution in [3.63, 3.8) is 0 Å². The molecule has 83 heavy (non-hydrogen) atoms. The summed E-state index contributed by atoms with van der Waals surface area (Å²) in [5.74, 6) is -0.848. The zero-order valence-electron chi connectivity index (χ0n) is 56.5. The summed E-state index contributed by atoms with van der Waals surface area (Å²) in [5, 5.41) is 0. The molecule has 6 nitrogen and oxygen atoms in total. The smallest absolute Gasteiger partial charge is 0.306 e. The van der Waals surface area contributed by atoms with Gasteiger partial charge in [-0.05, 0) is 51.4 Å². The Morgan fingerprint density at radius 1 is 0.241 bits per heavy atom. The van der Waals surface area contributed by atoms with Crippen molar-refractivity contribution in [1.82, 2.24) is 0 Å². The third-order valence-electron chi connectivity index (χ3n) is 17.5. The van der Waals surface area contributed by atoms with Gasteiger partial charge in [0.15, 0.2) is 6.10 Å². The number of esters is 3. The van der Waals surface area contributed by atoms with Gasteiger partial charge in [-0.2, -0.15) is 0 Å². The summed E-state index contributed by atoms with van der Waals surface area (Å²) in [5.41, 5.74) is 0. The zero-order valence-corrected chi connectivity index (χ0v) is 56.5. The highest BCUT2D eigenvalue weighted by Gasteiger charge is 2.20. The number of hydrogen-bond acceptors (Lipinski definition) is 6. The molecular formula is C77H146O6. The fourth-order valence-corrected chi connectivity index (χ4v) is 11.8. The summed E-state index contributed by atoms with van der Waals surface area (Å²) in [6, 6.07) is 0. The van der Waals surface area contributed by atoms with E-state index >= 15 is 0 Å². The molecule has 1 atom stereocenters. The van der Waals surface area contributed by atoms with Gasteiger partial charge in [0.05, 0.1) is 0 Å². The van der Waals surface area contributed by atoms with E-state index in [1.807, 2.05) is 0 Å². The van der Waals surface area contributed by atoms with Crippen LogP contribution in [0, 0.1) is 0 Å². The van der Waals surface area contributed by atoms with Crippen LogP contribution in [0.2, 0.25) is 0 Å². The van der Waals surface area contributed by atoms with Gasteiger partial charge < -0.3 is 14.2 Å². The summed E-state index contributed by atoms with van der Waals surface area (Å²) >= 11 is 0. The summed E-state index contributed by atoms with van der Waals surface area (Å²) in [6.07, 6.45) is 89.5. The Labute approximate surface area is 519 Å². The van der Waals surface area contributed by atoms with Crippen LogP contribution in [0.5, 0.6) is 0 Å². The van der Waals surface area contributed by atoms with Crippen LogP contribution in [0.15, 0.2) is 24.3 Å². The van der Waals surface area contributed by atoms with Crippen molar-refractivity contribution in [3.05, 3.63) is 24.3 Å². The van der Waals surface area contributed by atoms with Gasteiger partial charge in [0, 0.05) is 19.3 Å². The number of carbonyl (C=O) groups excluding carboxylic acids is 3. The maximum Gasteiger partial charge on any atom is 0.306 e. The van der Waals surface area contributed by atoms with E-state index in [4.69, 9.17) is 14.2 Å². The van der Waals surface area contributed by atoms with E-state index in [0.29, 0.717) is 19.3 Å². The van der Waals surface area contributed by atoms with E-state index in [0.717, 1.165) is 77.0 Å². The van der Waals surface area contributed by atoms with Crippen LogP contribution in [0.4, 0.5) is 0 Å². The van der Waals surface area contributed by atoms with Crippen LogP contribution in [0.1, 0.15) is 432 Å². The molecule has 0 rings (SSSR count).